The third-order valence-electron chi connectivity index (χ3n) is 6.50. The molecule has 8 nitrogen and oxygen atoms in total. The van der Waals surface area contributed by atoms with Gasteiger partial charge in [-0.25, -0.2) is 0 Å². The van der Waals surface area contributed by atoms with Crippen molar-refractivity contribution in [3.63, 3.8) is 0 Å². The van der Waals surface area contributed by atoms with Gasteiger partial charge in [-0.2, -0.15) is 0 Å². The number of carbonyl (C=O) groups excluding carboxylic acids is 2. The van der Waals surface area contributed by atoms with Crippen LogP contribution in [0.4, 0.5) is 5.13 Å². The Morgan fingerprint density at radius 2 is 1.79 bits per heavy atom. The number of amides is 1. The van der Waals surface area contributed by atoms with Gasteiger partial charge in [-0.3, -0.25) is 14.5 Å². The number of nitrogens with zero attached hydrogens (tertiary/aromatic N) is 3. The predicted molar refractivity (Wildman–Crippen MR) is 171 cm³/mol. The lowest BCUT2D eigenvalue weighted by Gasteiger charge is -2.23. The molecule has 0 saturated carbocycles. The number of hydrogen-bond acceptors (Lipinski definition) is 9. The minimum Gasteiger partial charge on any atom is -0.507 e. The molecule has 1 unspecified atom stereocenters. The van der Waals surface area contributed by atoms with Crippen LogP contribution >= 0.6 is 46.3 Å². The quantitative estimate of drug-likeness (QED) is 0.0571. The fourth-order valence-electron chi connectivity index (χ4n) is 4.51. The maximum Gasteiger partial charge on any atom is 0.301 e. The standard InChI is InChI=1S/C31H27Cl2N3O5S2/c1-3-14-41-23-7-5-6-19(15-23)26-25(27(37)18-9-12-22(13-10-18)40-4-2)28(38)29(39)36(26)30-34-35-31(43-30)42-17-20-8-11-21(32)16-24(20)33/h5-13,15-16,26,37H,3-4,14,17H2,1-2H3/b27-25+. The highest BCUT2D eigenvalue weighted by Crippen LogP contribution is 2.45. The molecule has 3 aromatic carbocycles. The zero-order chi connectivity index (χ0) is 30.5. The van der Waals surface area contributed by atoms with E-state index in [1.54, 1.807) is 60.7 Å². The Hall–Kier alpha value is -3.57. The van der Waals surface area contributed by atoms with Gasteiger partial charge in [0.2, 0.25) is 5.13 Å². The molecule has 12 heteroatoms. The first-order chi connectivity index (χ1) is 20.8. The highest BCUT2D eigenvalue weighted by molar-refractivity contribution is 8.00. The van der Waals surface area contributed by atoms with Gasteiger partial charge < -0.3 is 14.6 Å². The van der Waals surface area contributed by atoms with E-state index in [1.165, 1.54) is 28.0 Å². The third kappa shape index (κ3) is 6.83. The minimum atomic E-state index is -0.965. The van der Waals surface area contributed by atoms with Crippen molar-refractivity contribution in [3.8, 4) is 11.5 Å². The van der Waals surface area contributed by atoms with E-state index in [0.717, 1.165) is 12.0 Å². The number of benzene rings is 3. The smallest absolute Gasteiger partial charge is 0.301 e. The lowest BCUT2D eigenvalue weighted by molar-refractivity contribution is -0.132. The van der Waals surface area contributed by atoms with Gasteiger partial charge in [0.05, 0.1) is 24.8 Å². The number of Topliss-reactive ketones (excluding diaryl/α,β-unsaturated/α-hetero) is 1. The van der Waals surface area contributed by atoms with Gasteiger partial charge in [0.25, 0.3) is 5.78 Å². The molecule has 0 aliphatic carbocycles. The summed E-state index contributed by atoms with van der Waals surface area (Å²) >= 11 is 14.9. The van der Waals surface area contributed by atoms with Crippen molar-refractivity contribution in [2.24, 2.45) is 0 Å². The predicted octanol–water partition coefficient (Wildman–Crippen LogP) is 7.95. The van der Waals surface area contributed by atoms with Crippen LogP contribution in [0, 0.1) is 0 Å². The Labute approximate surface area is 267 Å². The molecule has 0 radical (unpaired) electrons. The number of anilines is 1. The summed E-state index contributed by atoms with van der Waals surface area (Å²) in [6, 6.07) is 18.1. The van der Waals surface area contributed by atoms with Crippen LogP contribution in [0.1, 0.15) is 43.0 Å². The van der Waals surface area contributed by atoms with E-state index in [1.807, 2.05) is 19.9 Å². The van der Waals surface area contributed by atoms with Gasteiger partial charge in [0.1, 0.15) is 17.3 Å². The first-order valence-corrected chi connectivity index (χ1v) is 16.0. The summed E-state index contributed by atoms with van der Waals surface area (Å²) in [5, 5.41) is 21.3. The minimum absolute atomic E-state index is 0.0563. The van der Waals surface area contributed by atoms with Crippen molar-refractivity contribution in [3.05, 3.63) is 99.0 Å². The first kappa shape index (κ1) is 30.9. The topological polar surface area (TPSA) is 102 Å². The van der Waals surface area contributed by atoms with Gasteiger partial charge in [0.15, 0.2) is 4.34 Å². The molecule has 1 N–H and O–H groups in total. The third-order valence-corrected chi connectivity index (χ3v) is 9.19. The van der Waals surface area contributed by atoms with Crippen LogP contribution in [0.3, 0.4) is 0 Å². The number of ether oxygens (including phenoxy) is 2. The molecule has 4 aromatic rings. The summed E-state index contributed by atoms with van der Waals surface area (Å²) in [5.41, 5.74) is 1.77. The van der Waals surface area contributed by atoms with Crippen LogP contribution in [0.5, 0.6) is 11.5 Å². The Bertz CT molecular complexity index is 1680. The number of halogens is 2. The fraction of sp³-hybridized carbons (Fsp3) is 0.226. The molecule has 1 aromatic heterocycles. The zero-order valence-corrected chi connectivity index (χ0v) is 26.4. The van der Waals surface area contributed by atoms with Gasteiger partial charge in [-0.15, -0.1) is 10.2 Å². The maximum absolute atomic E-state index is 13.6. The van der Waals surface area contributed by atoms with Crippen molar-refractivity contribution < 1.29 is 24.2 Å². The van der Waals surface area contributed by atoms with E-state index in [-0.39, 0.29) is 16.5 Å². The van der Waals surface area contributed by atoms with E-state index >= 15 is 0 Å². The lowest BCUT2D eigenvalue weighted by atomic mass is 9.95. The van der Waals surface area contributed by atoms with Crippen LogP contribution in [0.25, 0.3) is 5.76 Å². The number of hydrogen-bond donors (Lipinski definition) is 1. The van der Waals surface area contributed by atoms with Crippen molar-refractivity contribution in [2.45, 2.75) is 36.4 Å². The Morgan fingerprint density at radius 1 is 1.00 bits per heavy atom. The summed E-state index contributed by atoms with van der Waals surface area (Å²) in [6.07, 6.45) is 0.812. The zero-order valence-electron chi connectivity index (χ0n) is 23.3. The fourth-order valence-corrected chi connectivity index (χ4v) is 6.93. The summed E-state index contributed by atoms with van der Waals surface area (Å²) in [5.74, 6) is -0.235. The van der Waals surface area contributed by atoms with Gasteiger partial charge in [-0.1, -0.05) is 71.4 Å². The van der Waals surface area contributed by atoms with E-state index in [2.05, 4.69) is 10.2 Å². The average Bonchev–Trinajstić information content (AvgIpc) is 3.57. The van der Waals surface area contributed by atoms with Crippen molar-refractivity contribution in [1.29, 1.82) is 0 Å². The van der Waals surface area contributed by atoms with Crippen LogP contribution in [-0.2, 0) is 15.3 Å². The Kier molecular flexibility index (Phi) is 9.92. The molecule has 1 fully saturated rings. The van der Waals surface area contributed by atoms with Crippen LogP contribution in [-0.4, -0.2) is 40.2 Å². The number of ketones is 1. The SMILES string of the molecule is CCCOc1cccc(C2/C(=C(\O)c3ccc(OCC)cc3)C(=O)C(=O)N2c2nnc(SCc3ccc(Cl)cc3Cl)s2)c1. The molecule has 1 atom stereocenters. The number of carbonyl (C=O) groups is 2. The number of thioether (sulfide) groups is 1. The van der Waals surface area contributed by atoms with Gasteiger partial charge in [-0.05, 0) is 73.0 Å². The second-order valence-corrected chi connectivity index (χ2v) is 12.4. The van der Waals surface area contributed by atoms with E-state index < -0.39 is 17.7 Å². The summed E-state index contributed by atoms with van der Waals surface area (Å²) < 4.78 is 11.9. The number of rotatable bonds is 11. The molecular formula is C31H27Cl2N3O5S2. The lowest BCUT2D eigenvalue weighted by Crippen LogP contribution is -2.29. The molecule has 222 valence electrons. The van der Waals surface area contributed by atoms with Crippen molar-refractivity contribution >= 4 is 68.9 Å². The second-order valence-electron chi connectivity index (χ2n) is 9.42. The molecular weight excluding hydrogens is 629 g/mol. The monoisotopic (exact) mass is 655 g/mol. The number of aliphatic hydroxyl groups is 1. The molecule has 1 amide bonds. The molecule has 1 aliphatic rings. The normalized spacial score (nSPS) is 16.1. The van der Waals surface area contributed by atoms with Crippen molar-refractivity contribution in [1.82, 2.24) is 10.2 Å². The summed E-state index contributed by atoms with van der Waals surface area (Å²) in [7, 11) is 0. The Balaban J connectivity index is 1.53. The van der Waals surface area contributed by atoms with E-state index in [4.69, 9.17) is 32.7 Å². The molecule has 0 bridgehead atoms. The average molecular weight is 657 g/mol. The molecule has 0 spiro atoms. The van der Waals surface area contributed by atoms with Crippen LogP contribution < -0.4 is 14.4 Å². The first-order valence-electron chi connectivity index (χ1n) is 13.5. The number of aromatic nitrogens is 2. The van der Waals surface area contributed by atoms with E-state index in [9.17, 15) is 14.7 Å². The molecule has 5 rings (SSSR count). The Morgan fingerprint density at radius 3 is 2.51 bits per heavy atom. The highest BCUT2D eigenvalue weighted by Gasteiger charge is 2.48. The van der Waals surface area contributed by atoms with Gasteiger partial charge in [0, 0.05) is 21.4 Å². The van der Waals surface area contributed by atoms with Gasteiger partial charge >= 0.3 is 5.91 Å². The van der Waals surface area contributed by atoms with Crippen LogP contribution in [0.2, 0.25) is 10.0 Å². The summed E-state index contributed by atoms with van der Waals surface area (Å²) in [6.45, 7) is 4.87. The summed E-state index contributed by atoms with van der Waals surface area (Å²) in [4.78, 5) is 28.4. The van der Waals surface area contributed by atoms with Crippen LogP contribution in [0.15, 0.2) is 76.6 Å². The largest absolute Gasteiger partial charge is 0.507 e. The van der Waals surface area contributed by atoms with E-state index in [0.29, 0.717) is 56.0 Å². The maximum atomic E-state index is 13.6. The van der Waals surface area contributed by atoms with Crippen molar-refractivity contribution in [2.75, 3.05) is 18.1 Å². The molecule has 43 heavy (non-hydrogen) atoms. The molecule has 2 heterocycles. The second kappa shape index (κ2) is 13.8. The molecule has 1 saturated heterocycles. The number of aliphatic hydroxyl groups excluding tert-OH is 1. The highest BCUT2D eigenvalue weighted by atomic mass is 35.5. The molecule has 1 aliphatic heterocycles.